The minimum absolute atomic E-state index is 0.0802. The number of amides is 2. The van der Waals surface area contributed by atoms with Gasteiger partial charge in [-0.15, -0.1) is 0 Å². The van der Waals surface area contributed by atoms with Crippen molar-refractivity contribution >= 4 is 43.5 Å². The highest BCUT2D eigenvalue weighted by Crippen LogP contribution is 2.29. The van der Waals surface area contributed by atoms with Gasteiger partial charge in [0.05, 0.1) is 10.6 Å². The first-order chi connectivity index (χ1) is 21.6. The molecule has 4 rings (SSSR count). The Balaban J connectivity index is 1.85. The molecule has 1 N–H and O–H groups in total. The number of hydrogen-bond acceptors (Lipinski definition) is 4. The second kappa shape index (κ2) is 14.6. The number of carbonyl (C=O) groups is 2. The predicted molar refractivity (Wildman–Crippen MR) is 188 cm³/mol. The molecule has 0 bridgehead atoms. The number of carbonyl (C=O) groups excluding carboxylic acids is 2. The van der Waals surface area contributed by atoms with E-state index in [1.54, 1.807) is 30.3 Å². The van der Waals surface area contributed by atoms with Crippen molar-refractivity contribution in [3.05, 3.63) is 129 Å². The molecule has 242 valence electrons. The second-order valence-corrected chi connectivity index (χ2v) is 15.5. The summed E-state index contributed by atoms with van der Waals surface area (Å²) in [6.07, 6.45) is 0.247. The zero-order chi connectivity index (χ0) is 33.6. The van der Waals surface area contributed by atoms with Crippen LogP contribution in [-0.2, 0) is 32.6 Å². The first-order valence-electron chi connectivity index (χ1n) is 15.2. The van der Waals surface area contributed by atoms with Crippen LogP contribution in [0, 0.1) is 20.8 Å². The Hall–Kier alpha value is -3.95. The van der Waals surface area contributed by atoms with Crippen LogP contribution >= 0.6 is 15.9 Å². The van der Waals surface area contributed by atoms with Crippen molar-refractivity contribution in [2.45, 2.75) is 71.0 Å². The number of benzene rings is 4. The van der Waals surface area contributed by atoms with Gasteiger partial charge in [-0.05, 0) is 94.1 Å². The van der Waals surface area contributed by atoms with E-state index in [2.05, 4.69) is 21.2 Å². The van der Waals surface area contributed by atoms with Gasteiger partial charge in [0.1, 0.15) is 12.6 Å². The van der Waals surface area contributed by atoms with Crippen molar-refractivity contribution in [2.75, 3.05) is 10.8 Å². The highest BCUT2D eigenvalue weighted by atomic mass is 79.9. The lowest BCUT2D eigenvalue weighted by Crippen LogP contribution is -2.56. The topological polar surface area (TPSA) is 86.8 Å². The number of sulfonamides is 1. The van der Waals surface area contributed by atoms with E-state index in [4.69, 9.17) is 0 Å². The van der Waals surface area contributed by atoms with Crippen molar-refractivity contribution in [3.63, 3.8) is 0 Å². The smallest absolute Gasteiger partial charge is 0.264 e. The van der Waals surface area contributed by atoms with Gasteiger partial charge < -0.3 is 10.2 Å². The van der Waals surface area contributed by atoms with E-state index in [0.717, 1.165) is 26.7 Å². The third-order valence-corrected chi connectivity index (χ3v) is 9.80. The lowest BCUT2D eigenvalue weighted by molar-refractivity contribution is -0.140. The summed E-state index contributed by atoms with van der Waals surface area (Å²) in [7, 11) is -4.17. The molecule has 0 saturated heterocycles. The van der Waals surface area contributed by atoms with Crippen molar-refractivity contribution in [3.8, 4) is 0 Å². The van der Waals surface area contributed by atoms with Crippen molar-refractivity contribution < 1.29 is 18.0 Å². The molecule has 0 radical (unpaired) electrons. The molecule has 1 atom stereocenters. The van der Waals surface area contributed by atoms with E-state index in [0.29, 0.717) is 11.3 Å². The molecule has 1 unspecified atom stereocenters. The lowest BCUT2D eigenvalue weighted by Gasteiger charge is -2.35. The summed E-state index contributed by atoms with van der Waals surface area (Å²) in [6, 6.07) is 28.3. The van der Waals surface area contributed by atoms with Crippen LogP contribution in [0.25, 0.3) is 0 Å². The van der Waals surface area contributed by atoms with Crippen LogP contribution < -0.4 is 9.62 Å². The van der Waals surface area contributed by atoms with E-state index >= 15 is 0 Å². The number of anilines is 1. The van der Waals surface area contributed by atoms with E-state index < -0.39 is 34.1 Å². The summed E-state index contributed by atoms with van der Waals surface area (Å²) >= 11 is 3.52. The zero-order valence-corrected chi connectivity index (χ0v) is 29.7. The molecule has 0 heterocycles. The van der Waals surface area contributed by atoms with E-state index in [9.17, 15) is 18.0 Å². The number of hydrogen-bond donors (Lipinski definition) is 1. The first-order valence-corrected chi connectivity index (χ1v) is 17.4. The Kier molecular flexibility index (Phi) is 11.1. The van der Waals surface area contributed by atoms with E-state index in [-0.39, 0.29) is 23.8 Å². The minimum Gasteiger partial charge on any atom is -0.350 e. The number of halogens is 1. The van der Waals surface area contributed by atoms with Crippen molar-refractivity contribution in [1.29, 1.82) is 0 Å². The molecule has 0 spiro atoms. The fourth-order valence-electron chi connectivity index (χ4n) is 5.18. The summed E-state index contributed by atoms with van der Waals surface area (Å²) in [4.78, 5) is 30.3. The van der Waals surface area contributed by atoms with Crippen LogP contribution in [0.1, 0.15) is 48.6 Å². The number of nitrogens with zero attached hydrogens (tertiary/aromatic N) is 2. The summed E-state index contributed by atoms with van der Waals surface area (Å²) in [5.41, 5.74) is 4.01. The SMILES string of the molecule is Cc1ccc(S(=O)(=O)N(CC(=O)N(Cc2cccc(Br)c2)C(Cc2ccccc2)C(=O)NC(C)(C)C)c2cc(C)ccc2C)cc1. The molecule has 46 heavy (non-hydrogen) atoms. The summed E-state index contributed by atoms with van der Waals surface area (Å²) < 4.78 is 30.6. The third kappa shape index (κ3) is 9.07. The van der Waals surface area contributed by atoms with Crippen LogP contribution in [0.4, 0.5) is 5.69 Å². The minimum atomic E-state index is -4.17. The van der Waals surface area contributed by atoms with Crippen molar-refractivity contribution in [1.82, 2.24) is 10.2 Å². The summed E-state index contributed by atoms with van der Waals surface area (Å²) in [5, 5.41) is 3.06. The second-order valence-electron chi connectivity index (χ2n) is 12.7. The molecule has 0 aliphatic carbocycles. The van der Waals surface area contributed by atoms with Gasteiger partial charge in [-0.3, -0.25) is 13.9 Å². The standard InChI is InChI=1S/C37H42BrN3O4S/c1-26-16-19-32(20-17-26)46(44,45)41(33-21-27(2)15-18-28(33)3)25-35(42)40(24-30-13-10-14-31(38)22-30)34(36(43)39-37(4,5)6)23-29-11-8-7-9-12-29/h7-22,34H,23-25H2,1-6H3,(H,39,43). The summed E-state index contributed by atoms with van der Waals surface area (Å²) in [6.45, 7) is 10.9. The van der Waals surface area contributed by atoms with Crippen LogP contribution in [-0.4, -0.2) is 43.3 Å². The molecular formula is C37H42BrN3O4S. The zero-order valence-electron chi connectivity index (χ0n) is 27.2. The van der Waals surface area contributed by atoms with Gasteiger partial charge in [0.25, 0.3) is 10.0 Å². The largest absolute Gasteiger partial charge is 0.350 e. The van der Waals surface area contributed by atoms with Gasteiger partial charge in [0.2, 0.25) is 11.8 Å². The van der Waals surface area contributed by atoms with Crippen LogP contribution in [0.5, 0.6) is 0 Å². The van der Waals surface area contributed by atoms with E-state index in [1.807, 2.05) is 108 Å². The van der Waals surface area contributed by atoms with Gasteiger partial charge in [0, 0.05) is 23.0 Å². The lowest BCUT2D eigenvalue weighted by atomic mass is 10.0. The monoisotopic (exact) mass is 703 g/mol. The number of aryl methyl sites for hydroxylation is 3. The maximum absolute atomic E-state index is 14.7. The fraction of sp³-hybridized carbons (Fsp3) is 0.297. The Morgan fingerprint density at radius 2 is 1.43 bits per heavy atom. The highest BCUT2D eigenvalue weighted by Gasteiger charge is 2.36. The van der Waals surface area contributed by atoms with Crippen LogP contribution in [0.2, 0.25) is 0 Å². The molecule has 0 aromatic heterocycles. The first kappa shape index (κ1) is 34.9. The molecule has 0 fully saturated rings. The van der Waals surface area contributed by atoms with Crippen molar-refractivity contribution in [2.24, 2.45) is 0 Å². The number of nitrogens with one attached hydrogen (secondary N) is 1. The summed E-state index contributed by atoms with van der Waals surface area (Å²) in [5.74, 6) is -0.819. The van der Waals surface area contributed by atoms with Gasteiger partial charge >= 0.3 is 0 Å². The maximum atomic E-state index is 14.7. The molecule has 9 heteroatoms. The maximum Gasteiger partial charge on any atom is 0.264 e. The Morgan fingerprint density at radius 3 is 2.07 bits per heavy atom. The Morgan fingerprint density at radius 1 is 0.804 bits per heavy atom. The van der Waals surface area contributed by atoms with Gasteiger partial charge in [-0.2, -0.15) is 0 Å². The van der Waals surface area contributed by atoms with E-state index in [1.165, 1.54) is 9.21 Å². The molecular weight excluding hydrogens is 662 g/mol. The molecule has 0 aliphatic rings. The Bertz CT molecular complexity index is 1790. The molecule has 4 aromatic carbocycles. The van der Waals surface area contributed by atoms with Gasteiger partial charge in [0.15, 0.2) is 0 Å². The quantitative estimate of drug-likeness (QED) is 0.180. The highest BCUT2D eigenvalue weighted by molar-refractivity contribution is 9.10. The third-order valence-electron chi connectivity index (χ3n) is 7.53. The van der Waals surface area contributed by atoms with Crippen LogP contribution in [0.3, 0.4) is 0 Å². The fourth-order valence-corrected chi connectivity index (χ4v) is 7.09. The van der Waals surface area contributed by atoms with Crippen LogP contribution in [0.15, 0.2) is 106 Å². The molecule has 0 aliphatic heterocycles. The predicted octanol–water partition coefficient (Wildman–Crippen LogP) is 7.12. The number of rotatable bonds is 11. The molecule has 0 saturated carbocycles. The average molecular weight is 705 g/mol. The molecule has 2 amide bonds. The normalized spacial score (nSPS) is 12.3. The average Bonchev–Trinajstić information content (AvgIpc) is 2.98. The molecule has 7 nitrogen and oxygen atoms in total. The van der Waals surface area contributed by atoms with Gasteiger partial charge in [-0.25, -0.2) is 8.42 Å². The van der Waals surface area contributed by atoms with Gasteiger partial charge in [-0.1, -0.05) is 88.2 Å². The Labute approximate surface area is 281 Å². The molecule has 4 aromatic rings.